The molecule has 0 heterocycles. The van der Waals surface area contributed by atoms with Gasteiger partial charge in [-0.05, 0) is 36.2 Å². The van der Waals surface area contributed by atoms with Crippen LogP contribution in [0, 0.1) is 6.92 Å². The molecule has 19 heavy (non-hydrogen) atoms. The third kappa shape index (κ3) is 3.56. The van der Waals surface area contributed by atoms with E-state index >= 15 is 0 Å². The predicted molar refractivity (Wildman–Crippen MR) is 76.7 cm³/mol. The maximum Gasteiger partial charge on any atom is 0.240 e. The van der Waals surface area contributed by atoms with Gasteiger partial charge in [0.2, 0.25) is 10.0 Å². The summed E-state index contributed by atoms with van der Waals surface area (Å²) in [6, 6.07) is 13.9. The van der Waals surface area contributed by atoms with E-state index in [0.29, 0.717) is 5.02 Å². The van der Waals surface area contributed by atoms with Gasteiger partial charge >= 0.3 is 0 Å². The molecular weight excluding hydrogens is 282 g/mol. The van der Waals surface area contributed by atoms with E-state index in [1.165, 1.54) is 12.1 Å². The van der Waals surface area contributed by atoms with Crippen LogP contribution in [0.4, 0.5) is 0 Å². The van der Waals surface area contributed by atoms with Crippen molar-refractivity contribution >= 4 is 21.6 Å². The molecule has 0 fully saturated rings. The Bertz CT molecular complexity index is 683. The largest absolute Gasteiger partial charge is 0.240 e. The summed E-state index contributed by atoms with van der Waals surface area (Å²) in [5.74, 6) is 0. The van der Waals surface area contributed by atoms with Gasteiger partial charge in [0.1, 0.15) is 0 Å². The Kier molecular flexibility index (Phi) is 4.24. The first-order valence-corrected chi connectivity index (χ1v) is 7.65. The highest BCUT2D eigenvalue weighted by Gasteiger charge is 2.14. The summed E-state index contributed by atoms with van der Waals surface area (Å²) in [5, 5.41) is 0.402. The number of benzene rings is 2. The molecule has 3 nitrogen and oxygen atoms in total. The number of hydrogen-bond donors (Lipinski definition) is 1. The summed E-state index contributed by atoms with van der Waals surface area (Å²) in [7, 11) is -3.53. The minimum absolute atomic E-state index is 0.175. The summed E-state index contributed by atoms with van der Waals surface area (Å²) in [5.41, 5.74) is 2.00. The molecule has 0 aromatic heterocycles. The van der Waals surface area contributed by atoms with Gasteiger partial charge in [0.25, 0.3) is 0 Å². The van der Waals surface area contributed by atoms with E-state index in [4.69, 9.17) is 11.6 Å². The van der Waals surface area contributed by atoms with Crippen molar-refractivity contribution in [1.29, 1.82) is 0 Å². The second-order valence-corrected chi connectivity index (χ2v) is 6.41. The van der Waals surface area contributed by atoms with Crippen molar-refractivity contribution in [2.45, 2.75) is 18.4 Å². The normalized spacial score (nSPS) is 11.5. The zero-order valence-corrected chi connectivity index (χ0v) is 12.0. The number of nitrogens with one attached hydrogen (secondary N) is 1. The molecule has 2 aromatic rings. The van der Waals surface area contributed by atoms with Gasteiger partial charge in [-0.1, -0.05) is 41.9 Å². The van der Waals surface area contributed by atoms with Crippen LogP contribution in [0.5, 0.6) is 0 Å². The van der Waals surface area contributed by atoms with E-state index in [2.05, 4.69) is 4.72 Å². The lowest BCUT2D eigenvalue weighted by Gasteiger charge is -2.09. The fraction of sp³-hybridized carbons (Fsp3) is 0.143. The molecule has 0 aliphatic carbocycles. The van der Waals surface area contributed by atoms with Crippen LogP contribution in [-0.2, 0) is 16.6 Å². The smallest absolute Gasteiger partial charge is 0.207 e. The number of halogens is 1. The highest BCUT2D eigenvalue weighted by Crippen LogP contribution is 2.16. The monoisotopic (exact) mass is 295 g/mol. The lowest BCUT2D eigenvalue weighted by molar-refractivity contribution is 0.581. The molecule has 0 radical (unpaired) electrons. The predicted octanol–water partition coefficient (Wildman–Crippen LogP) is 3.13. The summed E-state index contributed by atoms with van der Waals surface area (Å²) >= 11 is 5.80. The van der Waals surface area contributed by atoms with E-state index in [1.54, 1.807) is 12.1 Å². The van der Waals surface area contributed by atoms with E-state index in [9.17, 15) is 8.42 Å². The van der Waals surface area contributed by atoms with Crippen LogP contribution in [0.15, 0.2) is 53.4 Å². The average Bonchev–Trinajstić information content (AvgIpc) is 2.38. The summed E-state index contributed by atoms with van der Waals surface area (Å²) in [4.78, 5) is 0.175. The lowest BCUT2D eigenvalue weighted by Crippen LogP contribution is -2.23. The molecule has 1 N–H and O–H groups in total. The minimum Gasteiger partial charge on any atom is -0.207 e. The third-order valence-electron chi connectivity index (χ3n) is 2.82. The third-order valence-corrected chi connectivity index (χ3v) is 4.45. The van der Waals surface area contributed by atoms with E-state index in [0.717, 1.165) is 11.1 Å². The Hall–Kier alpha value is -1.36. The Labute approximate surface area is 118 Å². The van der Waals surface area contributed by atoms with Crippen LogP contribution >= 0.6 is 11.6 Å². The topological polar surface area (TPSA) is 46.2 Å². The van der Waals surface area contributed by atoms with Gasteiger partial charge < -0.3 is 0 Å². The van der Waals surface area contributed by atoms with Gasteiger partial charge in [-0.2, -0.15) is 0 Å². The second-order valence-electron chi connectivity index (χ2n) is 4.21. The molecule has 0 atom stereocenters. The highest BCUT2D eigenvalue weighted by molar-refractivity contribution is 7.89. The molecular formula is C14H14ClNO2S. The van der Waals surface area contributed by atoms with Crippen molar-refractivity contribution in [2.75, 3.05) is 0 Å². The molecule has 100 valence electrons. The molecule has 0 saturated carbocycles. The zero-order chi connectivity index (χ0) is 13.9. The quantitative estimate of drug-likeness (QED) is 0.942. The van der Waals surface area contributed by atoms with Gasteiger partial charge in [-0.3, -0.25) is 0 Å². The molecule has 0 amide bonds. The van der Waals surface area contributed by atoms with Gasteiger partial charge in [0, 0.05) is 11.6 Å². The average molecular weight is 296 g/mol. The highest BCUT2D eigenvalue weighted by atomic mass is 35.5. The lowest BCUT2D eigenvalue weighted by atomic mass is 10.1. The second kappa shape index (κ2) is 5.74. The number of aryl methyl sites for hydroxylation is 1. The molecule has 2 aromatic carbocycles. The minimum atomic E-state index is -3.53. The van der Waals surface area contributed by atoms with Crippen LogP contribution in [0.3, 0.4) is 0 Å². The number of rotatable bonds is 4. The Balaban J connectivity index is 2.17. The van der Waals surface area contributed by atoms with Gasteiger partial charge in [-0.25, -0.2) is 13.1 Å². The van der Waals surface area contributed by atoms with Gasteiger partial charge in [0.15, 0.2) is 0 Å². The molecule has 0 saturated heterocycles. The Morgan fingerprint density at radius 2 is 1.84 bits per heavy atom. The first-order chi connectivity index (χ1) is 8.99. The van der Waals surface area contributed by atoms with Crippen LogP contribution < -0.4 is 4.72 Å². The summed E-state index contributed by atoms with van der Waals surface area (Å²) < 4.78 is 26.8. The summed E-state index contributed by atoms with van der Waals surface area (Å²) in [6.07, 6.45) is 0. The molecule has 0 aliphatic rings. The van der Waals surface area contributed by atoms with E-state index in [-0.39, 0.29) is 11.4 Å². The molecule has 0 bridgehead atoms. The number of sulfonamides is 1. The van der Waals surface area contributed by atoms with E-state index in [1.807, 2.05) is 31.2 Å². The number of hydrogen-bond acceptors (Lipinski definition) is 2. The molecule has 0 spiro atoms. The van der Waals surface area contributed by atoms with E-state index < -0.39 is 10.0 Å². The van der Waals surface area contributed by atoms with Crippen LogP contribution in [0.2, 0.25) is 5.02 Å². The Morgan fingerprint density at radius 3 is 2.53 bits per heavy atom. The molecule has 2 rings (SSSR count). The fourth-order valence-corrected chi connectivity index (χ4v) is 3.01. The molecule has 5 heteroatoms. The maximum absolute atomic E-state index is 12.1. The summed E-state index contributed by atoms with van der Waals surface area (Å²) in [6.45, 7) is 2.21. The van der Waals surface area contributed by atoms with Crippen LogP contribution in [0.25, 0.3) is 0 Å². The van der Waals surface area contributed by atoms with Crippen molar-refractivity contribution in [1.82, 2.24) is 4.72 Å². The van der Waals surface area contributed by atoms with Crippen LogP contribution in [-0.4, -0.2) is 8.42 Å². The molecule has 0 aliphatic heterocycles. The van der Waals surface area contributed by atoms with Crippen molar-refractivity contribution in [3.05, 3.63) is 64.7 Å². The SMILES string of the molecule is Cc1ccccc1CNS(=O)(=O)c1cccc(Cl)c1. The van der Waals surface area contributed by atoms with Crippen LogP contribution in [0.1, 0.15) is 11.1 Å². The van der Waals surface area contributed by atoms with Crippen molar-refractivity contribution in [3.63, 3.8) is 0 Å². The Morgan fingerprint density at radius 1 is 1.11 bits per heavy atom. The first kappa shape index (κ1) is 14.1. The van der Waals surface area contributed by atoms with Gasteiger partial charge in [0.05, 0.1) is 4.90 Å². The van der Waals surface area contributed by atoms with Crippen molar-refractivity contribution in [3.8, 4) is 0 Å². The van der Waals surface area contributed by atoms with Gasteiger partial charge in [-0.15, -0.1) is 0 Å². The zero-order valence-electron chi connectivity index (χ0n) is 10.4. The fourth-order valence-electron chi connectivity index (χ4n) is 1.70. The molecule has 0 unspecified atom stereocenters. The first-order valence-electron chi connectivity index (χ1n) is 5.79. The van der Waals surface area contributed by atoms with Crippen molar-refractivity contribution in [2.24, 2.45) is 0 Å². The standard InChI is InChI=1S/C14H14ClNO2S/c1-11-5-2-3-6-12(11)10-16-19(17,18)14-8-4-7-13(15)9-14/h2-9,16H,10H2,1H3. The van der Waals surface area contributed by atoms with Crippen molar-refractivity contribution < 1.29 is 8.42 Å². The maximum atomic E-state index is 12.1.